The van der Waals surface area contributed by atoms with Crippen LogP contribution in [0.15, 0.2) is 29.2 Å². The van der Waals surface area contributed by atoms with Gasteiger partial charge < -0.3 is 5.11 Å². The molecule has 1 unspecified atom stereocenters. The second kappa shape index (κ2) is 6.52. The summed E-state index contributed by atoms with van der Waals surface area (Å²) in [6, 6.07) is 5.27. The van der Waals surface area contributed by atoms with E-state index in [1.165, 1.54) is 45.0 Å². The number of nitrogens with one attached hydrogen (secondary N) is 1. The summed E-state index contributed by atoms with van der Waals surface area (Å²) in [4.78, 5) is 11.4. The largest absolute Gasteiger partial charge is 0.480 e. The molecule has 1 atom stereocenters. The highest BCUT2D eigenvalue weighted by Gasteiger charge is 2.45. The van der Waals surface area contributed by atoms with Crippen molar-refractivity contribution in [3.05, 3.63) is 29.3 Å². The molecule has 0 aliphatic rings. The summed E-state index contributed by atoms with van der Waals surface area (Å²) < 4.78 is 40.8. The third kappa shape index (κ3) is 4.66. The van der Waals surface area contributed by atoms with Crippen molar-refractivity contribution < 1.29 is 22.7 Å². The molecule has 0 spiro atoms. The first-order valence-electron chi connectivity index (χ1n) is 6.64. The van der Waals surface area contributed by atoms with Crippen molar-refractivity contribution in [2.45, 2.75) is 49.7 Å². The third-order valence-electron chi connectivity index (χ3n) is 3.19. The molecule has 1 aromatic carbocycles. The molecule has 0 heterocycles. The Hall–Kier alpha value is -1.18. The molecule has 0 amide bonds. The Morgan fingerprint density at radius 1 is 1.32 bits per heavy atom. The van der Waals surface area contributed by atoms with E-state index in [1.807, 2.05) is 0 Å². The fourth-order valence-electron chi connectivity index (χ4n) is 2.15. The molecule has 5 nitrogen and oxygen atoms in total. The minimum absolute atomic E-state index is 0.0947. The van der Waals surface area contributed by atoms with E-state index >= 15 is 0 Å². The Labute approximate surface area is 134 Å². The molecule has 22 heavy (non-hydrogen) atoms. The van der Waals surface area contributed by atoms with Crippen molar-refractivity contribution in [2.75, 3.05) is 0 Å². The highest BCUT2D eigenvalue weighted by Crippen LogP contribution is 2.29. The molecule has 0 aliphatic carbocycles. The Balaban J connectivity index is 3.23. The maximum absolute atomic E-state index is 13.9. The minimum Gasteiger partial charge on any atom is -0.480 e. The smallest absolute Gasteiger partial charge is 0.325 e. The fraction of sp³-hybridized carbons (Fsp3) is 0.500. The third-order valence-corrected chi connectivity index (χ3v) is 4.99. The van der Waals surface area contributed by atoms with Crippen LogP contribution in [0.1, 0.15) is 33.6 Å². The van der Waals surface area contributed by atoms with Gasteiger partial charge in [0, 0.05) is 11.4 Å². The minimum atomic E-state index is -4.12. The first-order chi connectivity index (χ1) is 9.92. The number of hydrogen-bond donors (Lipinski definition) is 2. The van der Waals surface area contributed by atoms with Gasteiger partial charge in [-0.1, -0.05) is 18.5 Å². The molecule has 0 saturated carbocycles. The van der Waals surface area contributed by atoms with Gasteiger partial charge >= 0.3 is 5.97 Å². The van der Waals surface area contributed by atoms with Crippen molar-refractivity contribution in [3.63, 3.8) is 0 Å². The van der Waals surface area contributed by atoms with Crippen LogP contribution in [0.3, 0.4) is 0 Å². The van der Waals surface area contributed by atoms with Crippen molar-refractivity contribution >= 4 is 27.6 Å². The maximum Gasteiger partial charge on any atom is 0.325 e. The number of aliphatic carboxylic acids is 1. The lowest BCUT2D eigenvalue weighted by Crippen LogP contribution is -2.56. The summed E-state index contributed by atoms with van der Waals surface area (Å²) >= 11 is 5.70. The number of halogens is 2. The number of alkyl halides is 1. The van der Waals surface area contributed by atoms with E-state index in [0.717, 1.165) is 0 Å². The molecule has 0 bridgehead atoms. The average molecular weight is 352 g/mol. The Morgan fingerprint density at radius 3 is 2.18 bits per heavy atom. The number of rotatable bonds is 7. The van der Waals surface area contributed by atoms with Crippen LogP contribution in [-0.2, 0) is 14.8 Å². The van der Waals surface area contributed by atoms with Gasteiger partial charge in [0.15, 0.2) is 0 Å². The zero-order valence-electron chi connectivity index (χ0n) is 12.6. The van der Waals surface area contributed by atoms with Crippen molar-refractivity contribution in [1.82, 2.24) is 4.72 Å². The number of carboxylic acid groups (broad SMARTS) is 1. The fourth-order valence-corrected chi connectivity index (χ4v) is 3.71. The SMILES string of the molecule is CCC(CC(C)(C)F)(NS(=O)(=O)c1ccc(Cl)cc1)C(=O)O. The molecule has 0 aliphatic heterocycles. The number of benzene rings is 1. The van der Waals surface area contributed by atoms with Crippen molar-refractivity contribution in [1.29, 1.82) is 0 Å². The van der Waals surface area contributed by atoms with Crippen molar-refractivity contribution in [3.8, 4) is 0 Å². The van der Waals surface area contributed by atoms with Gasteiger partial charge in [0.25, 0.3) is 0 Å². The molecule has 8 heteroatoms. The molecule has 1 aromatic rings. The second-order valence-electron chi connectivity index (χ2n) is 5.70. The van der Waals surface area contributed by atoms with E-state index in [0.29, 0.717) is 5.02 Å². The molecule has 0 fully saturated rings. The summed E-state index contributed by atoms with van der Waals surface area (Å²) in [5.41, 5.74) is -3.77. The Morgan fingerprint density at radius 2 is 1.82 bits per heavy atom. The lowest BCUT2D eigenvalue weighted by Gasteiger charge is -2.33. The Kier molecular flexibility index (Phi) is 5.59. The number of hydrogen-bond acceptors (Lipinski definition) is 3. The normalized spacial score (nSPS) is 15.3. The highest BCUT2D eigenvalue weighted by molar-refractivity contribution is 7.89. The summed E-state index contributed by atoms with van der Waals surface area (Å²) in [5.74, 6) is -1.42. The van der Waals surface area contributed by atoms with Crippen LogP contribution in [0.5, 0.6) is 0 Å². The van der Waals surface area contributed by atoms with Gasteiger partial charge in [0.1, 0.15) is 11.2 Å². The van der Waals surface area contributed by atoms with E-state index < -0.39 is 33.6 Å². The first kappa shape index (κ1) is 18.9. The quantitative estimate of drug-likeness (QED) is 0.791. The average Bonchev–Trinajstić information content (AvgIpc) is 2.36. The molecular formula is C14H19ClFNO4S. The predicted octanol–water partition coefficient (Wildman–Crippen LogP) is 2.99. The van der Waals surface area contributed by atoms with Crippen molar-refractivity contribution in [2.24, 2.45) is 0 Å². The number of carboxylic acids is 1. The molecule has 1 rings (SSSR count). The van der Waals surface area contributed by atoms with E-state index in [2.05, 4.69) is 4.72 Å². The van der Waals surface area contributed by atoms with Crippen LogP contribution in [0.4, 0.5) is 4.39 Å². The molecule has 0 saturated heterocycles. The van der Waals surface area contributed by atoms with Gasteiger partial charge in [0.2, 0.25) is 10.0 Å². The van der Waals surface area contributed by atoms with E-state index in [-0.39, 0.29) is 11.3 Å². The van der Waals surface area contributed by atoms with Gasteiger partial charge in [-0.15, -0.1) is 0 Å². The first-order valence-corrected chi connectivity index (χ1v) is 8.50. The number of sulfonamides is 1. The van der Waals surface area contributed by atoms with Gasteiger partial charge in [0.05, 0.1) is 4.90 Å². The van der Waals surface area contributed by atoms with Gasteiger partial charge in [-0.25, -0.2) is 12.8 Å². The van der Waals surface area contributed by atoms with Crippen LogP contribution in [0.25, 0.3) is 0 Å². The molecule has 0 radical (unpaired) electrons. The summed E-state index contributed by atoms with van der Waals surface area (Å²) in [6.07, 6.45) is -0.582. The van der Waals surface area contributed by atoms with Crippen LogP contribution in [0, 0.1) is 0 Å². The van der Waals surface area contributed by atoms with E-state index in [9.17, 15) is 22.7 Å². The summed E-state index contributed by atoms with van der Waals surface area (Å²) in [5, 5.41) is 9.78. The highest BCUT2D eigenvalue weighted by atomic mass is 35.5. The van der Waals surface area contributed by atoms with Gasteiger partial charge in [-0.3, -0.25) is 4.79 Å². The maximum atomic E-state index is 13.9. The summed E-state index contributed by atoms with van der Waals surface area (Å²) in [7, 11) is -4.12. The Bertz CT molecular complexity index is 640. The molecule has 2 N–H and O–H groups in total. The van der Waals surface area contributed by atoms with E-state index in [4.69, 9.17) is 11.6 Å². The second-order valence-corrected chi connectivity index (χ2v) is 7.81. The van der Waals surface area contributed by atoms with Gasteiger partial charge in [-0.05, 0) is 44.5 Å². The van der Waals surface area contributed by atoms with E-state index in [1.54, 1.807) is 0 Å². The monoisotopic (exact) mass is 351 g/mol. The zero-order chi connectivity index (χ0) is 17.2. The zero-order valence-corrected chi connectivity index (χ0v) is 14.1. The molecular weight excluding hydrogens is 333 g/mol. The lowest BCUT2D eigenvalue weighted by atomic mass is 9.86. The predicted molar refractivity (Wildman–Crippen MR) is 82.2 cm³/mol. The van der Waals surface area contributed by atoms with Crippen LogP contribution in [-0.4, -0.2) is 30.7 Å². The topological polar surface area (TPSA) is 83.5 Å². The van der Waals surface area contributed by atoms with Crippen LogP contribution < -0.4 is 4.72 Å². The standard InChI is InChI=1S/C14H19ClFNO4S/c1-4-14(12(18)19,9-13(2,3)16)17-22(20,21)11-7-5-10(15)6-8-11/h5-8,17H,4,9H2,1-3H3,(H,18,19). The molecule has 0 aromatic heterocycles. The lowest BCUT2D eigenvalue weighted by molar-refractivity contribution is -0.145. The summed E-state index contributed by atoms with van der Waals surface area (Å²) in [6.45, 7) is 3.90. The van der Waals surface area contributed by atoms with Crippen LogP contribution in [0.2, 0.25) is 5.02 Å². The van der Waals surface area contributed by atoms with Gasteiger partial charge in [-0.2, -0.15) is 4.72 Å². The molecule has 124 valence electrons. The van der Waals surface area contributed by atoms with Crippen LogP contribution >= 0.6 is 11.6 Å². The number of carbonyl (C=O) groups is 1.